The van der Waals surface area contributed by atoms with Crippen molar-refractivity contribution in [3.05, 3.63) is 66.9 Å². The van der Waals surface area contributed by atoms with E-state index < -0.39 is 121 Å². The fraction of sp³-hybridized carbons (Fsp3) is 0.167. The van der Waals surface area contributed by atoms with E-state index >= 15 is 0 Å². The molecule has 0 amide bonds. The molecule has 0 bridgehead atoms. The molecule has 0 radical (unpaired) electrons. The lowest BCUT2D eigenvalue weighted by molar-refractivity contribution is -0.138. The maximum atomic E-state index is 12.7. The number of alkyl halides is 12. The van der Waals surface area contributed by atoms with Gasteiger partial charge in [-0.05, 0) is 24.3 Å². The van der Waals surface area contributed by atoms with Gasteiger partial charge in [-0.1, -0.05) is 46.4 Å². The molecule has 0 fully saturated rings. The largest absolute Gasteiger partial charge is 0.604 e. The zero-order valence-corrected chi connectivity index (χ0v) is 30.0. The van der Waals surface area contributed by atoms with E-state index in [2.05, 4.69) is 10.2 Å². The van der Waals surface area contributed by atoms with Gasteiger partial charge in [-0.15, -0.1) is 36.5 Å². The average molecular weight is 908 g/mol. The van der Waals surface area contributed by atoms with Crippen LogP contribution in [0.3, 0.4) is 0 Å². The van der Waals surface area contributed by atoms with E-state index in [9.17, 15) is 61.8 Å². The minimum absolute atomic E-state index is 0. The summed E-state index contributed by atoms with van der Waals surface area (Å²) in [7, 11) is 0. The van der Waals surface area contributed by atoms with Crippen LogP contribution in [0.2, 0.25) is 20.1 Å². The lowest BCUT2D eigenvalue weighted by Gasteiger charge is -2.14. The molecule has 29 heteroatoms. The second kappa shape index (κ2) is 16.2. The second-order valence-electron chi connectivity index (χ2n) is 9.17. The van der Waals surface area contributed by atoms with E-state index in [1.54, 1.807) is 0 Å². The molecule has 4 N–H and O–H groups in total. The van der Waals surface area contributed by atoms with Crippen LogP contribution in [0.4, 0.5) is 64.3 Å². The van der Waals surface area contributed by atoms with Gasteiger partial charge in [0.15, 0.2) is 11.6 Å². The smallest absolute Gasteiger partial charge is 0.578 e. The van der Waals surface area contributed by atoms with Crippen molar-refractivity contribution in [3.8, 4) is 23.5 Å². The number of benzene rings is 2. The van der Waals surface area contributed by atoms with Gasteiger partial charge in [0.2, 0.25) is 21.2 Å². The van der Waals surface area contributed by atoms with Crippen LogP contribution in [0, 0.1) is 22.7 Å². The molecule has 2 unspecified atom stereocenters. The summed E-state index contributed by atoms with van der Waals surface area (Å²) in [6.07, 6.45) is -9.58. The average Bonchev–Trinajstić information content (AvgIpc) is 3.49. The molecule has 4 rings (SSSR count). The highest BCUT2D eigenvalue weighted by Gasteiger charge is 2.51. The number of nitrogen functional groups attached to an aromatic ring is 2. The van der Waals surface area contributed by atoms with Crippen LogP contribution in [-0.4, -0.2) is 39.7 Å². The van der Waals surface area contributed by atoms with Crippen LogP contribution in [0.1, 0.15) is 22.5 Å². The zero-order chi connectivity index (χ0) is 40.0. The molecule has 4 aromatic rings. The molecule has 0 aliphatic carbocycles. The number of rotatable bonds is 4. The maximum absolute atomic E-state index is 12.7. The van der Waals surface area contributed by atoms with Crippen molar-refractivity contribution < 1.29 is 61.8 Å². The van der Waals surface area contributed by atoms with E-state index in [0.29, 0.717) is 33.6 Å². The number of hydrogen-bond donors (Lipinski definition) is 2. The number of hydrogen-bond acceptors (Lipinski definition) is 8. The van der Waals surface area contributed by atoms with Crippen molar-refractivity contribution in [2.75, 3.05) is 11.5 Å². The van der Waals surface area contributed by atoms with E-state index in [1.807, 2.05) is 0 Å². The van der Waals surface area contributed by atoms with Gasteiger partial charge in [0.25, 0.3) is 0 Å². The van der Waals surface area contributed by atoms with Crippen LogP contribution >= 0.6 is 59.9 Å². The van der Waals surface area contributed by atoms with Crippen LogP contribution in [0.25, 0.3) is 11.4 Å². The Morgan fingerprint density at radius 2 is 0.830 bits per heavy atom. The maximum Gasteiger partial charge on any atom is 0.578 e. The Hall–Kier alpha value is -3.27. The lowest BCUT2D eigenvalue weighted by atomic mass is 10.2. The van der Waals surface area contributed by atoms with Gasteiger partial charge in [-0.2, -0.15) is 50.4 Å². The van der Waals surface area contributed by atoms with Crippen molar-refractivity contribution in [1.29, 1.82) is 10.5 Å². The molecule has 2 heterocycles. The quantitative estimate of drug-likeness (QED) is 0.151. The SMILES string of the molecule is N#Cc1nn(-c2c(Cl)cc(C(F)(F)F)cc2Cl)c(N)c1[S+]([O-])C(F)(F)F.N#Cc1nn(-c2c(Cl)cc(C(F)(F)F)cc2Cl)c(N)c1[S+]([O-])C(F)(F)F.S. The fourth-order valence-corrected chi connectivity index (χ4v) is 6.62. The van der Waals surface area contributed by atoms with Gasteiger partial charge in [0.05, 0.1) is 31.2 Å². The minimum Gasteiger partial charge on any atom is -0.604 e. The predicted octanol–water partition coefficient (Wildman–Crippen LogP) is 8.67. The topological polar surface area (TPSA) is 181 Å². The Morgan fingerprint density at radius 1 is 0.585 bits per heavy atom. The van der Waals surface area contributed by atoms with Gasteiger partial charge in [-0.3, -0.25) is 0 Å². The Balaban J connectivity index is 0.000000360. The molecule has 0 aliphatic rings. The number of aromatic nitrogens is 4. The standard InChI is InChI=1S/2C12H4Cl2F6N4OS.H2S/c2*13-5-1-4(11(15,16)17)2-6(14)8(5)24-10(22)9(7(3-21)23-24)26(25)12(18,19)20;/h2*1-2H,22H2;1H2. The molecule has 2 aromatic carbocycles. The lowest BCUT2D eigenvalue weighted by Crippen LogP contribution is -2.24. The van der Waals surface area contributed by atoms with E-state index in [1.165, 1.54) is 12.1 Å². The third-order valence-electron chi connectivity index (χ3n) is 5.87. The van der Waals surface area contributed by atoms with E-state index in [4.69, 9.17) is 68.4 Å². The van der Waals surface area contributed by atoms with Crippen LogP contribution in [-0.2, 0) is 34.7 Å². The Morgan fingerprint density at radius 3 is 1.02 bits per heavy atom. The highest BCUT2D eigenvalue weighted by atomic mass is 35.5. The summed E-state index contributed by atoms with van der Waals surface area (Å²) >= 11 is 15.5. The molecule has 53 heavy (non-hydrogen) atoms. The summed E-state index contributed by atoms with van der Waals surface area (Å²) in [5.74, 6) is -1.80. The monoisotopic (exact) mass is 906 g/mol. The molecule has 10 nitrogen and oxygen atoms in total. The summed E-state index contributed by atoms with van der Waals surface area (Å²) in [4.78, 5) is -2.29. The molecule has 0 saturated carbocycles. The number of anilines is 2. The van der Waals surface area contributed by atoms with Gasteiger partial charge in [0, 0.05) is 0 Å². The van der Waals surface area contributed by atoms with E-state index in [0.717, 1.165) is 0 Å². The van der Waals surface area contributed by atoms with Crippen LogP contribution in [0.5, 0.6) is 0 Å². The van der Waals surface area contributed by atoms with Gasteiger partial charge in [0.1, 0.15) is 45.9 Å². The zero-order valence-electron chi connectivity index (χ0n) is 24.3. The first-order valence-corrected chi connectivity index (χ1v) is 16.1. The third kappa shape index (κ3) is 9.70. The number of nitrogens with zero attached hydrogens (tertiary/aromatic N) is 6. The van der Waals surface area contributed by atoms with Crippen molar-refractivity contribution in [3.63, 3.8) is 0 Å². The molecule has 0 spiro atoms. The van der Waals surface area contributed by atoms with Crippen LogP contribution in [0.15, 0.2) is 34.1 Å². The highest BCUT2D eigenvalue weighted by molar-refractivity contribution is 7.92. The molecular weight excluding hydrogens is 898 g/mol. The van der Waals surface area contributed by atoms with Crippen molar-refractivity contribution in [2.24, 2.45) is 0 Å². The molecule has 2 atom stereocenters. The summed E-state index contributed by atoms with van der Waals surface area (Å²) < 4.78 is 177. The molecule has 2 aromatic heterocycles. The molecular formula is C24H10Cl4F12N8O2S3. The third-order valence-corrected chi connectivity index (χ3v) is 9.41. The minimum atomic E-state index is -5.25. The predicted molar refractivity (Wildman–Crippen MR) is 171 cm³/mol. The summed E-state index contributed by atoms with van der Waals surface area (Å²) in [5, 5.41) is 22.1. The van der Waals surface area contributed by atoms with Gasteiger partial charge < -0.3 is 20.6 Å². The van der Waals surface area contributed by atoms with Crippen LogP contribution < -0.4 is 11.5 Å². The molecule has 288 valence electrons. The second-order valence-corrected chi connectivity index (χ2v) is 13.6. The van der Waals surface area contributed by atoms with E-state index in [-0.39, 0.29) is 13.5 Å². The van der Waals surface area contributed by atoms with Crippen molar-refractivity contribution in [1.82, 2.24) is 19.6 Å². The first kappa shape index (κ1) is 45.9. The van der Waals surface area contributed by atoms with Gasteiger partial charge in [-0.25, -0.2) is 9.36 Å². The van der Waals surface area contributed by atoms with Crippen molar-refractivity contribution in [2.45, 2.75) is 33.2 Å². The summed E-state index contributed by atoms with van der Waals surface area (Å²) in [6, 6.07) is 4.38. The number of halogens is 16. The summed E-state index contributed by atoms with van der Waals surface area (Å²) in [5.41, 5.74) is -4.84. The summed E-state index contributed by atoms with van der Waals surface area (Å²) in [6.45, 7) is 0. The van der Waals surface area contributed by atoms with Crippen molar-refractivity contribution >= 4 is 93.9 Å². The first-order valence-electron chi connectivity index (χ1n) is 12.2. The first-order chi connectivity index (χ1) is 23.6. The highest BCUT2D eigenvalue weighted by Crippen LogP contribution is 2.43. The molecule has 0 aliphatic heterocycles. The Labute approximate surface area is 319 Å². The Kier molecular flexibility index (Phi) is 14.0. The molecule has 0 saturated heterocycles. The Bertz CT molecular complexity index is 1920. The number of nitriles is 2. The van der Waals surface area contributed by atoms with Gasteiger partial charge >= 0.3 is 23.4 Å². The normalized spacial score (nSPS) is 13.3. The number of nitrogens with two attached hydrogens (primary N) is 2. The fourth-order valence-electron chi connectivity index (χ4n) is 3.78.